The van der Waals surface area contributed by atoms with Gasteiger partial charge in [-0.15, -0.1) is 5.10 Å². The molecule has 0 atom stereocenters. The van der Waals surface area contributed by atoms with Crippen LogP contribution in [0.15, 0.2) is 65.7 Å². The van der Waals surface area contributed by atoms with Crippen LogP contribution in [0.3, 0.4) is 0 Å². The molecule has 3 N–H and O–H groups in total. The van der Waals surface area contributed by atoms with Crippen molar-refractivity contribution in [3.8, 4) is 46.0 Å². The van der Waals surface area contributed by atoms with Gasteiger partial charge in [-0.25, -0.2) is 15.1 Å². The van der Waals surface area contributed by atoms with Crippen LogP contribution in [0, 0.1) is 6.85 Å². The number of benzene rings is 1. The van der Waals surface area contributed by atoms with Crippen LogP contribution in [0.4, 0.5) is 5.82 Å². The fourth-order valence-electron chi connectivity index (χ4n) is 2.69. The molecule has 210 valence electrons. The number of aromatic nitrogens is 8. The molecule has 15 nitrogen and oxygen atoms in total. The number of pyridine rings is 2. The van der Waals surface area contributed by atoms with Crippen LogP contribution in [-0.4, -0.2) is 75.7 Å². The zero-order chi connectivity index (χ0) is 48.6. The van der Waals surface area contributed by atoms with E-state index in [1.54, 1.807) is 0 Å². The minimum Gasteiger partial charge on any atom is -0.493 e. The molecule has 1 aromatic carbocycles. The number of H-pyrrole nitrogens is 1. The molecule has 0 aliphatic heterocycles. The molecule has 0 saturated carbocycles. The summed E-state index contributed by atoms with van der Waals surface area (Å²) in [6, 6.07) is -10.2. The Labute approximate surface area is 266 Å². The van der Waals surface area contributed by atoms with Crippen molar-refractivity contribution in [2.24, 2.45) is 0 Å². The molecule has 4 heterocycles. The standard InChI is InChI=1S/C25H23N9O6S/c1-15-7-8-20(27-14-15)41(36,37)32-24-21(40-19-6-4-3-5-18(19)38-2)25(39-12-11-35)29-22(28-24)16-9-10-26-17(13-16)23-30-33-34-31-23/h3-10,13-14,35H,11-12H2,1-2H3,(H,28,29,32)(H,30,31,33,34)/i1D3,2D3,3D,4D,5D,6D,7D,8D,9D,10D,11D2,12D2,13D,14D,35D/hD2. The lowest BCUT2D eigenvalue weighted by molar-refractivity contribution is 0.192. The highest BCUT2D eigenvalue weighted by Crippen LogP contribution is 2.41. The molecule has 0 fully saturated rings. The van der Waals surface area contributed by atoms with Crippen molar-refractivity contribution in [1.82, 2.24) is 40.6 Å². The second-order valence-corrected chi connectivity index (χ2v) is 8.31. The molecule has 0 bridgehead atoms. The zero-order valence-corrected chi connectivity index (χ0v) is 20.2. The van der Waals surface area contributed by atoms with Gasteiger partial charge in [0, 0.05) is 22.0 Å². The SMILES string of the molecule is [2H]OC([2H])([2H])C([2H])([2H])Oc1nc(-c2c([2H])c([2H])nc(-c3nnnn3[2H])c2[2H])nc(N([2H])S(=O)(=O)c2nc([2H])c(C([2H])([2H])[2H])c([2H])c2[2H])c1Oc1c([2H])c([2H])c([2H])c([2H])c1OC([2H])([2H])[2H]. The Balaban J connectivity index is 2.01. The van der Waals surface area contributed by atoms with Crippen molar-refractivity contribution in [1.29, 1.82) is 1.43 Å². The Hall–Kier alpha value is -5.22. The number of sulfonamides is 1. The summed E-state index contributed by atoms with van der Waals surface area (Å²) in [5.41, 5.74) is -3.03. The molecule has 0 saturated heterocycles. The van der Waals surface area contributed by atoms with Gasteiger partial charge in [-0.05, 0) is 53.1 Å². The van der Waals surface area contributed by atoms with Gasteiger partial charge in [-0.3, -0.25) is 9.70 Å². The molecule has 5 aromatic rings. The number of aliphatic hydroxyl groups is 1. The monoisotopic (exact) mass is 600 g/mol. The number of hydrogen-bond acceptors (Lipinski definition) is 13. The van der Waals surface area contributed by atoms with E-state index in [9.17, 15) is 8.42 Å². The van der Waals surface area contributed by atoms with Crippen molar-refractivity contribution >= 4 is 15.8 Å². The summed E-state index contributed by atoms with van der Waals surface area (Å²) < 4.78 is 229. The third-order valence-corrected chi connectivity index (χ3v) is 5.39. The van der Waals surface area contributed by atoms with Gasteiger partial charge in [0.15, 0.2) is 36.8 Å². The van der Waals surface area contributed by atoms with E-state index in [0.29, 0.717) is 0 Å². The molecule has 0 aliphatic rings. The van der Waals surface area contributed by atoms with Crippen LogP contribution in [-0.2, 0) is 10.0 Å². The first-order valence-corrected chi connectivity index (χ1v) is 11.6. The molecule has 0 unspecified atom stereocenters. The van der Waals surface area contributed by atoms with Gasteiger partial charge in [-0.1, -0.05) is 18.1 Å². The Morgan fingerprint density at radius 2 is 2.12 bits per heavy atom. The second kappa shape index (κ2) is 11.9. The number of ether oxygens (including phenoxy) is 3. The first-order valence-electron chi connectivity index (χ1n) is 21.5. The zero-order valence-electron chi connectivity index (χ0n) is 42.4. The summed E-state index contributed by atoms with van der Waals surface area (Å²) in [5.74, 6) is -9.95. The third kappa shape index (κ3) is 6.18. The van der Waals surface area contributed by atoms with E-state index in [1.165, 1.54) is 0 Å². The van der Waals surface area contributed by atoms with Crippen LogP contribution in [0.1, 0.15) is 33.0 Å². The lowest BCUT2D eigenvalue weighted by Crippen LogP contribution is -2.17. The van der Waals surface area contributed by atoms with E-state index < -0.39 is 165 Å². The predicted molar refractivity (Wildman–Crippen MR) is 144 cm³/mol. The lowest BCUT2D eigenvalue weighted by Gasteiger charge is -2.18. The number of para-hydroxylation sites is 2. The van der Waals surface area contributed by atoms with Crippen LogP contribution < -0.4 is 18.9 Å². The lowest BCUT2D eigenvalue weighted by atomic mass is 10.2. The summed E-state index contributed by atoms with van der Waals surface area (Å²) in [7, 11) is -9.59. The Bertz CT molecular complexity index is 2810. The topological polar surface area (TPSA) is 200 Å². The summed E-state index contributed by atoms with van der Waals surface area (Å²) in [6.45, 7) is -11.2. The van der Waals surface area contributed by atoms with Gasteiger partial charge >= 0.3 is 0 Å². The highest BCUT2D eigenvalue weighted by atomic mass is 32.2. The molecular formula is C25H23N9O6S. The van der Waals surface area contributed by atoms with Gasteiger partial charge in [0.25, 0.3) is 15.9 Å². The average molecular weight is 601 g/mol. The van der Waals surface area contributed by atoms with E-state index >= 15 is 0 Å². The van der Waals surface area contributed by atoms with E-state index in [-0.39, 0.29) is 5.09 Å². The maximum atomic E-state index is 14.3. The fourth-order valence-corrected chi connectivity index (χ4v) is 3.47. The molecule has 0 radical (unpaired) electrons. The number of nitrogens with zero attached hydrogens (tertiary/aromatic N) is 7. The summed E-state index contributed by atoms with van der Waals surface area (Å²) >= 11 is 0. The number of tetrazole rings is 1. The average Bonchev–Trinajstić information content (AvgIpc) is 3.61. The van der Waals surface area contributed by atoms with Crippen molar-refractivity contribution in [2.45, 2.75) is 11.9 Å². The summed E-state index contributed by atoms with van der Waals surface area (Å²) in [6.07, 6.45) is -2.49. The Morgan fingerprint density at radius 1 is 1.22 bits per heavy atom. The molecule has 16 heteroatoms. The number of aromatic amines is 1. The van der Waals surface area contributed by atoms with Gasteiger partial charge in [0.1, 0.15) is 12.3 Å². The van der Waals surface area contributed by atoms with E-state index in [1.807, 2.05) is 0 Å². The molecule has 0 aliphatic carbocycles. The number of anilines is 1. The highest BCUT2D eigenvalue weighted by Gasteiger charge is 2.26. The molecule has 5 rings (SSSR count). The molecule has 0 amide bonds. The first kappa shape index (κ1) is 11.0. The smallest absolute Gasteiger partial charge is 0.280 e. The summed E-state index contributed by atoms with van der Waals surface area (Å²) in [4.78, 5) is 14.6. The third-order valence-electron chi connectivity index (χ3n) is 4.29. The summed E-state index contributed by atoms with van der Waals surface area (Å²) in [5, 5.41) is 12.2. The van der Waals surface area contributed by atoms with E-state index in [2.05, 4.69) is 40.6 Å². The van der Waals surface area contributed by atoms with Gasteiger partial charge in [0.2, 0.25) is 7.18 Å². The highest BCUT2D eigenvalue weighted by molar-refractivity contribution is 7.92. The van der Waals surface area contributed by atoms with E-state index in [4.69, 9.17) is 45.9 Å². The number of methoxy groups -OCH3 is 1. The minimum atomic E-state index is -6.03. The van der Waals surface area contributed by atoms with Gasteiger partial charge in [-0.2, -0.15) is 13.4 Å². The largest absolute Gasteiger partial charge is 0.493 e. The van der Waals surface area contributed by atoms with Gasteiger partial charge < -0.3 is 19.3 Å². The minimum absolute atomic E-state index is 0.200. The van der Waals surface area contributed by atoms with Gasteiger partial charge in [0.05, 0.1) is 36.9 Å². The van der Waals surface area contributed by atoms with Crippen molar-refractivity contribution in [3.05, 3.63) is 66.2 Å². The molecule has 0 spiro atoms. The maximum absolute atomic E-state index is 14.3. The number of rotatable bonds is 12. The number of nitrogens with one attached hydrogen (secondary N) is 2. The Morgan fingerprint density at radius 3 is 2.93 bits per heavy atom. The van der Waals surface area contributed by atoms with Crippen molar-refractivity contribution in [2.75, 3.05) is 24.9 Å². The Kier molecular flexibility index (Phi) is 3.18. The van der Waals surface area contributed by atoms with E-state index in [0.717, 1.165) is 0 Å². The van der Waals surface area contributed by atoms with Crippen molar-refractivity contribution < 1.29 is 58.0 Å². The van der Waals surface area contributed by atoms with Crippen molar-refractivity contribution in [3.63, 3.8) is 0 Å². The normalized spacial score (nSPS) is 20.5. The predicted octanol–water partition coefficient (Wildman–Crippen LogP) is 2.39. The second-order valence-electron chi connectivity index (χ2n) is 6.79. The van der Waals surface area contributed by atoms with Crippen LogP contribution in [0.2, 0.25) is 2.82 Å². The first-order chi connectivity index (χ1) is 29.2. The molecular weight excluding hydrogens is 554 g/mol. The molecule has 41 heavy (non-hydrogen) atoms. The van der Waals surface area contributed by atoms with Crippen LogP contribution >= 0.6 is 0 Å². The molecule has 4 aromatic heterocycles. The van der Waals surface area contributed by atoms with Crippen LogP contribution in [0.5, 0.6) is 23.1 Å². The quantitative estimate of drug-likeness (QED) is 0.189. The number of hydrogen-bond donors (Lipinski definition) is 3. The maximum Gasteiger partial charge on any atom is 0.280 e. The van der Waals surface area contributed by atoms with Crippen LogP contribution in [0.25, 0.3) is 22.9 Å². The fraction of sp³-hybridized carbons (Fsp3) is 0.160.